The minimum absolute atomic E-state index is 0.0857. The first-order valence-electron chi connectivity index (χ1n) is 12.1. The van der Waals surface area contributed by atoms with Crippen molar-refractivity contribution < 1.29 is 23.4 Å². The van der Waals surface area contributed by atoms with Gasteiger partial charge in [0.25, 0.3) is 0 Å². The average Bonchev–Trinajstić information content (AvgIpc) is 3.54. The molecule has 1 atom stereocenters. The normalized spacial score (nSPS) is 16.8. The Balaban J connectivity index is 1.61. The number of amides is 1. The third-order valence-corrected chi connectivity index (χ3v) is 6.52. The fourth-order valence-corrected chi connectivity index (χ4v) is 5.02. The molecule has 11 heteroatoms. The van der Waals surface area contributed by atoms with Crippen LogP contribution >= 0.6 is 0 Å². The predicted octanol–water partition coefficient (Wildman–Crippen LogP) is 4.39. The number of rotatable bonds is 1. The number of benzene rings is 1. The summed E-state index contributed by atoms with van der Waals surface area (Å²) >= 11 is 0. The molecule has 2 aliphatic heterocycles. The van der Waals surface area contributed by atoms with Gasteiger partial charge in [-0.15, -0.1) is 10.2 Å². The van der Waals surface area contributed by atoms with Gasteiger partial charge in [0.05, 0.1) is 37.1 Å². The number of aryl methyl sites for hydroxylation is 2. The van der Waals surface area contributed by atoms with Gasteiger partial charge in [-0.1, -0.05) is 0 Å². The zero-order valence-electron chi connectivity index (χ0n) is 21.3. The van der Waals surface area contributed by atoms with Gasteiger partial charge in [-0.3, -0.25) is 14.0 Å². The third-order valence-electron chi connectivity index (χ3n) is 6.52. The minimum atomic E-state index is -0.780. The van der Waals surface area contributed by atoms with Crippen molar-refractivity contribution in [2.24, 2.45) is 7.05 Å². The van der Waals surface area contributed by atoms with Gasteiger partial charge in [-0.2, -0.15) is 5.10 Å². The van der Waals surface area contributed by atoms with E-state index in [0.717, 1.165) is 17.0 Å². The maximum atomic E-state index is 15.3. The zero-order chi connectivity index (χ0) is 26.1. The van der Waals surface area contributed by atoms with Crippen LogP contribution in [-0.4, -0.2) is 49.3 Å². The quantitative estimate of drug-likeness (QED) is 0.378. The smallest absolute Gasteiger partial charge is 0.416 e. The molecular formula is C26H27FN6O4. The zero-order valence-corrected chi connectivity index (χ0v) is 21.3. The lowest BCUT2D eigenvalue weighted by molar-refractivity contribution is 0.0574. The lowest BCUT2D eigenvalue weighted by atomic mass is 9.95. The first kappa shape index (κ1) is 23.3. The van der Waals surface area contributed by atoms with E-state index >= 15 is 4.39 Å². The van der Waals surface area contributed by atoms with Crippen molar-refractivity contribution in [1.82, 2.24) is 24.4 Å². The maximum absolute atomic E-state index is 15.3. The first-order chi connectivity index (χ1) is 17.6. The molecule has 192 valence electrons. The monoisotopic (exact) mass is 506 g/mol. The number of carbonyl (C=O) groups excluding carboxylic acids is 1. The van der Waals surface area contributed by atoms with E-state index in [2.05, 4.69) is 15.3 Å². The second-order valence-electron chi connectivity index (χ2n) is 10.4. The molecule has 0 fully saturated rings. The van der Waals surface area contributed by atoms with E-state index in [0.29, 0.717) is 40.7 Å². The number of pyridine rings is 1. The summed E-state index contributed by atoms with van der Waals surface area (Å²) in [4.78, 5) is 15.0. The molecule has 1 aromatic carbocycles. The summed E-state index contributed by atoms with van der Waals surface area (Å²) in [6.07, 6.45) is 0.866. The van der Waals surface area contributed by atoms with Crippen LogP contribution in [0.25, 0.3) is 16.9 Å². The molecule has 3 aromatic heterocycles. The Bertz CT molecular complexity index is 1550. The van der Waals surface area contributed by atoms with Crippen LogP contribution in [-0.2, 0) is 18.3 Å². The highest BCUT2D eigenvalue weighted by Gasteiger charge is 2.37. The van der Waals surface area contributed by atoms with E-state index in [1.807, 2.05) is 26.1 Å². The lowest BCUT2D eigenvalue weighted by Crippen LogP contribution is -2.38. The van der Waals surface area contributed by atoms with E-state index in [-0.39, 0.29) is 19.1 Å². The molecule has 0 radical (unpaired) electrons. The number of carbonyl (C=O) groups is 1. The second-order valence-corrected chi connectivity index (χ2v) is 10.4. The van der Waals surface area contributed by atoms with Crippen LogP contribution in [0.1, 0.15) is 43.5 Å². The molecule has 0 N–H and O–H groups in total. The summed E-state index contributed by atoms with van der Waals surface area (Å²) in [6.45, 7) is 7.76. The number of aromatic nitrogens is 5. The van der Waals surface area contributed by atoms with E-state index in [1.165, 1.54) is 17.3 Å². The van der Waals surface area contributed by atoms with Crippen molar-refractivity contribution in [1.29, 1.82) is 0 Å². The Morgan fingerprint density at radius 1 is 1.16 bits per heavy atom. The highest BCUT2D eigenvalue weighted by atomic mass is 19.1. The molecule has 0 saturated heterocycles. The van der Waals surface area contributed by atoms with Crippen LogP contribution in [0.2, 0.25) is 0 Å². The van der Waals surface area contributed by atoms with Gasteiger partial charge in [0, 0.05) is 23.7 Å². The summed E-state index contributed by atoms with van der Waals surface area (Å²) in [6, 6.07) is 6.76. The largest absolute Gasteiger partial charge is 0.493 e. The highest BCUT2D eigenvalue weighted by molar-refractivity contribution is 5.91. The Kier molecular flexibility index (Phi) is 5.15. The average molecular weight is 507 g/mol. The van der Waals surface area contributed by atoms with E-state index in [4.69, 9.17) is 14.2 Å². The molecule has 0 aliphatic carbocycles. The Hall–Kier alpha value is -4.15. The van der Waals surface area contributed by atoms with Crippen molar-refractivity contribution in [3.05, 3.63) is 53.2 Å². The third kappa shape index (κ3) is 3.85. The van der Waals surface area contributed by atoms with Crippen LogP contribution in [0.5, 0.6) is 11.5 Å². The topological polar surface area (TPSA) is 96.0 Å². The summed E-state index contributed by atoms with van der Waals surface area (Å²) in [7, 11) is 1.85. The molecule has 0 saturated carbocycles. The molecule has 4 aromatic rings. The molecule has 37 heavy (non-hydrogen) atoms. The van der Waals surface area contributed by atoms with Gasteiger partial charge in [-0.25, -0.2) is 9.18 Å². The number of hydrogen-bond donors (Lipinski definition) is 0. The van der Waals surface area contributed by atoms with E-state index in [1.54, 1.807) is 35.9 Å². The fourth-order valence-electron chi connectivity index (χ4n) is 5.02. The number of hydrogen-bond acceptors (Lipinski definition) is 7. The number of halogens is 1. The van der Waals surface area contributed by atoms with Gasteiger partial charge in [0.15, 0.2) is 17.2 Å². The van der Waals surface area contributed by atoms with Crippen molar-refractivity contribution in [2.75, 3.05) is 18.1 Å². The molecule has 5 heterocycles. The molecular weight excluding hydrogens is 479 g/mol. The molecule has 0 spiro atoms. The molecule has 6 rings (SSSR count). The number of anilines is 1. The van der Waals surface area contributed by atoms with Crippen molar-refractivity contribution in [3.63, 3.8) is 0 Å². The van der Waals surface area contributed by atoms with Crippen LogP contribution in [0.4, 0.5) is 15.0 Å². The van der Waals surface area contributed by atoms with Crippen LogP contribution in [0, 0.1) is 12.7 Å². The van der Waals surface area contributed by atoms with Crippen LogP contribution < -0.4 is 14.4 Å². The minimum Gasteiger partial charge on any atom is -0.493 e. The van der Waals surface area contributed by atoms with Crippen molar-refractivity contribution in [3.8, 4) is 22.8 Å². The summed E-state index contributed by atoms with van der Waals surface area (Å²) in [5.74, 6) is 0.739. The van der Waals surface area contributed by atoms with Gasteiger partial charge in [0.1, 0.15) is 23.5 Å². The predicted molar refractivity (Wildman–Crippen MR) is 132 cm³/mol. The maximum Gasteiger partial charge on any atom is 0.416 e. The van der Waals surface area contributed by atoms with Gasteiger partial charge in [-0.05, 0) is 52.0 Å². The number of ether oxygens (including phenoxy) is 3. The molecule has 0 unspecified atom stereocenters. The van der Waals surface area contributed by atoms with Gasteiger partial charge < -0.3 is 14.2 Å². The Morgan fingerprint density at radius 3 is 2.62 bits per heavy atom. The molecule has 2 aliphatic rings. The molecule has 10 nitrogen and oxygen atoms in total. The Morgan fingerprint density at radius 2 is 1.92 bits per heavy atom. The SMILES string of the molecule is Cc1cc(-c2cc3c(n4cnnc24)N(C(=O)OC(C)(C)C)Cc2c(F)ccc4c2[C@H](CO4)CO3)n(C)n1. The van der Waals surface area contributed by atoms with Crippen LogP contribution in [0.15, 0.2) is 30.6 Å². The van der Waals surface area contributed by atoms with Crippen molar-refractivity contribution in [2.45, 2.75) is 45.8 Å². The molecule has 0 bridgehead atoms. The summed E-state index contributed by atoms with van der Waals surface area (Å²) in [5.41, 5.74) is 3.19. The second kappa shape index (κ2) is 8.19. The van der Waals surface area contributed by atoms with E-state index < -0.39 is 17.5 Å². The number of nitrogens with zero attached hydrogens (tertiary/aromatic N) is 6. The Labute approximate surface area is 212 Å². The van der Waals surface area contributed by atoms with Crippen LogP contribution in [0.3, 0.4) is 0 Å². The summed E-state index contributed by atoms with van der Waals surface area (Å²) < 4.78 is 36.8. The number of fused-ring (bicyclic) bond motifs is 3. The fraction of sp³-hybridized carbons (Fsp3) is 0.385. The highest BCUT2D eigenvalue weighted by Crippen LogP contribution is 2.44. The lowest BCUT2D eigenvalue weighted by Gasteiger charge is -2.29. The standard InChI is InChI=1S/C26H27FN6O4/c1-14-8-19(31(5)30-14)16-9-21-24(33-13-28-29-23(16)33)32(25(34)37-26(2,3)4)10-17-18(27)6-7-20-22(17)15(11-35-20)12-36-21/h6-9,13,15H,10-12H2,1-5H3/t15-/m1/s1. The molecule has 1 amide bonds. The van der Waals surface area contributed by atoms with Crippen molar-refractivity contribution >= 4 is 17.6 Å². The summed E-state index contributed by atoms with van der Waals surface area (Å²) in [5, 5.41) is 12.9. The first-order valence-corrected chi connectivity index (χ1v) is 12.1. The van der Waals surface area contributed by atoms with Gasteiger partial charge in [0.2, 0.25) is 0 Å². The van der Waals surface area contributed by atoms with E-state index in [9.17, 15) is 4.79 Å². The van der Waals surface area contributed by atoms with Gasteiger partial charge >= 0.3 is 6.09 Å².